The predicted octanol–water partition coefficient (Wildman–Crippen LogP) is 4.07. The Kier molecular flexibility index (Phi) is 32.0. The van der Waals surface area contributed by atoms with Gasteiger partial charge in [0.2, 0.25) is 6.41 Å². The Labute approximate surface area is 163 Å². The molecule has 0 bridgehead atoms. The van der Waals surface area contributed by atoms with Gasteiger partial charge in [-0.15, -0.1) is 0 Å². The molecule has 1 fully saturated rings. The van der Waals surface area contributed by atoms with E-state index in [1.807, 2.05) is 55.4 Å². The molecule has 0 radical (unpaired) electrons. The summed E-state index contributed by atoms with van der Waals surface area (Å²) in [6.07, 6.45) is 0.616. The quantitative estimate of drug-likeness (QED) is 0.521. The highest BCUT2D eigenvalue weighted by Gasteiger charge is 2.31. The van der Waals surface area contributed by atoms with Crippen LogP contribution in [0, 0.1) is 5.92 Å². The van der Waals surface area contributed by atoms with Crippen molar-refractivity contribution in [2.45, 2.75) is 80.3 Å². The molecule has 1 aliphatic rings. The van der Waals surface area contributed by atoms with Crippen LogP contribution in [0.4, 0.5) is 4.79 Å². The molecule has 26 heavy (non-hydrogen) atoms. The average molecular weight is 397 g/mol. The van der Waals surface area contributed by atoms with Crippen LogP contribution in [0.25, 0.3) is 0 Å². The van der Waals surface area contributed by atoms with Gasteiger partial charge in [-0.3, -0.25) is 9.59 Å². The van der Waals surface area contributed by atoms with E-state index < -0.39 is 12.1 Å². The summed E-state index contributed by atoms with van der Waals surface area (Å²) in [4.78, 5) is 30.4. The fourth-order valence-corrected chi connectivity index (χ4v) is 3.11. The van der Waals surface area contributed by atoms with Gasteiger partial charge < -0.3 is 20.8 Å². The maximum absolute atomic E-state index is 10.5. The zero-order valence-corrected chi connectivity index (χ0v) is 18.5. The van der Waals surface area contributed by atoms with Gasteiger partial charge >= 0.3 is 12.1 Å². The highest BCUT2D eigenvalue weighted by molar-refractivity contribution is 7.99. The van der Waals surface area contributed by atoms with Crippen LogP contribution >= 0.6 is 11.8 Å². The first-order valence-corrected chi connectivity index (χ1v) is 10.6. The van der Waals surface area contributed by atoms with Crippen LogP contribution in [0.2, 0.25) is 0 Å². The topological polar surface area (TPSA) is 116 Å². The number of amides is 2. The van der Waals surface area contributed by atoms with Crippen molar-refractivity contribution < 1.29 is 24.6 Å². The molecule has 158 valence electrons. The van der Waals surface area contributed by atoms with Gasteiger partial charge in [0.1, 0.15) is 0 Å². The van der Waals surface area contributed by atoms with Gasteiger partial charge in [0.15, 0.2) is 0 Å². The van der Waals surface area contributed by atoms with E-state index in [1.54, 1.807) is 11.8 Å². The number of nitrogens with one attached hydrogen (secondary N) is 2. The largest absolute Gasteiger partial charge is 0.481 e. The molecule has 0 aromatic heterocycles. The molecular formula is C18H40N2O5S. The zero-order chi connectivity index (χ0) is 21.5. The average Bonchev–Trinajstić information content (AvgIpc) is 2.63. The standard InChI is InChI=1S/C8H14N2O3S.C4H8O2.3C2H6/c1-5-2-14-3-6(10-8(12)13)7(5)9-4-11;1-2-3-4(5)6;3*1-2/h4-7,10H,2-3H2,1H3,(H,9,11)(H,12,13);2-3H2,1H3,(H,5,6);3*1-2H3/t5?,6-,7+;;;;/m0..../s1. The lowest BCUT2D eigenvalue weighted by Gasteiger charge is -2.35. The molecule has 8 heteroatoms. The summed E-state index contributed by atoms with van der Waals surface area (Å²) >= 11 is 1.70. The SMILES string of the molecule is CC.CC.CC.CC1CSC[C@H](NC(=O)O)[C@@H]1NC=O.CCCC(=O)O. The summed E-state index contributed by atoms with van der Waals surface area (Å²) in [6, 6.07) is -0.281. The van der Waals surface area contributed by atoms with E-state index >= 15 is 0 Å². The number of carbonyl (C=O) groups is 3. The Hall–Kier alpha value is -1.44. The maximum atomic E-state index is 10.5. The monoisotopic (exact) mass is 396 g/mol. The van der Waals surface area contributed by atoms with E-state index in [-0.39, 0.29) is 18.0 Å². The van der Waals surface area contributed by atoms with E-state index in [1.165, 1.54) is 0 Å². The number of thioether (sulfide) groups is 1. The van der Waals surface area contributed by atoms with E-state index in [2.05, 4.69) is 10.6 Å². The summed E-state index contributed by atoms with van der Waals surface area (Å²) < 4.78 is 0. The second-order valence-electron chi connectivity index (χ2n) is 4.52. The molecule has 1 heterocycles. The second kappa shape index (κ2) is 25.8. The van der Waals surface area contributed by atoms with Crippen molar-refractivity contribution in [2.75, 3.05) is 11.5 Å². The van der Waals surface area contributed by atoms with Crippen molar-refractivity contribution in [3.63, 3.8) is 0 Å². The summed E-state index contributed by atoms with van der Waals surface area (Å²) in [5, 5.41) is 21.6. The molecule has 1 unspecified atom stereocenters. The molecule has 4 N–H and O–H groups in total. The van der Waals surface area contributed by atoms with Gasteiger partial charge in [0.05, 0.1) is 12.1 Å². The number of rotatable bonds is 5. The Balaban J connectivity index is -0.000000170. The van der Waals surface area contributed by atoms with Crippen LogP contribution in [0.3, 0.4) is 0 Å². The third-order valence-electron chi connectivity index (χ3n) is 2.76. The van der Waals surface area contributed by atoms with Gasteiger partial charge in [0, 0.05) is 12.2 Å². The van der Waals surface area contributed by atoms with Crippen LogP contribution in [-0.4, -0.2) is 52.3 Å². The van der Waals surface area contributed by atoms with E-state index in [0.717, 1.165) is 12.2 Å². The Bertz CT molecular complexity index is 331. The number of hydrogen-bond acceptors (Lipinski definition) is 4. The lowest BCUT2D eigenvalue weighted by Crippen LogP contribution is -2.56. The molecule has 0 saturated carbocycles. The van der Waals surface area contributed by atoms with Crippen molar-refractivity contribution in [3.05, 3.63) is 0 Å². The molecule has 1 rings (SSSR count). The van der Waals surface area contributed by atoms with Crippen LogP contribution in [-0.2, 0) is 9.59 Å². The maximum Gasteiger partial charge on any atom is 0.404 e. The van der Waals surface area contributed by atoms with Crippen molar-refractivity contribution in [3.8, 4) is 0 Å². The first kappa shape index (κ1) is 32.3. The number of carbonyl (C=O) groups excluding carboxylic acids is 1. The van der Waals surface area contributed by atoms with Crippen LogP contribution in [0.15, 0.2) is 0 Å². The van der Waals surface area contributed by atoms with Crippen LogP contribution in [0.1, 0.15) is 68.2 Å². The number of carboxylic acids is 1. The van der Waals surface area contributed by atoms with Gasteiger partial charge in [0.25, 0.3) is 0 Å². The summed E-state index contributed by atoms with van der Waals surface area (Å²) in [5.74, 6) is 1.24. The van der Waals surface area contributed by atoms with E-state index in [0.29, 0.717) is 18.6 Å². The van der Waals surface area contributed by atoms with Crippen molar-refractivity contribution in [1.29, 1.82) is 0 Å². The lowest BCUT2D eigenvalue weighted by molar-refractivity contribution is -0.137. The van der Waals surface area contributed by atoms with Crippen LogP contribution in [0.5, 0.6) is 0 Å². The van der Waals surface area contributed by atoms with Crippen molar-refractivity contribution >= 4 is 30.2 Å². The molecule has 2 amide bonds. The zero-order valence-electron chi connectivity index (χ0n) is 17.7. The molecule has 1 saturated heterocycles. The third-order valence-corrected chi connectivity index (χ3v) is 4.11. The molecule has 3 atom stereocenters. The van der Waals surface area contributed by atoms with Crippen molar-refractivity contribution in [1.82, 2.24) is 10.6 Å². The second-order valence-corrected chi connectivity index (χ2v) is 5.60. The van der Waals surface area contributed by atoms with Gasteiger partial charge in [-0.1, -0.05) is 55.4 Å². The van der Waals surface area contributed by atoms with Crippen molar-refractivity contribution in [2.24, 2.45) is 5.92 Å². The molecule has 0 aromatic rings. The van der Waals surface area contributed by atoms with Gasteiger partial charge in [-0.05, 0) is 18.1 Å². The van der Waals surface area contributed by atoms with Gasteiger partial charge in [-0.2, -0.15) is 11.8 Å². The fourth-order valence-electron chi connectivity index (χ4n) is 1.85. The smallest absolute Gasteiger partial charge is 0.404 e. The minimum Gasteiger partial charge on any atom is -0.481 e. The normalized spacial score (nSPS) is 19.8. The van der Waals surface area contributed by atoms with Crippen LogP contribution < -0.4 is 10.6 Å². The third kappa shape index (κ3) is 20.6. The first-order chi connectivity index (χ1) is 12.4. The number of carboxylic acid groups (broad SMARTS) is 2. The minimum absolute atomic E-state index is 0.0927. The summed E-state index contributed by atoms with van der Waals surface area (Å²) in [7, 11) is 0. The molecular weight excluding hydrogens is 356 g/mol. The van der Waals surface area contributed by atoms with E-state index in [9.17, 15) is 14.4 Å². The summed E-state index contributed by atoms with van der Waals surface area (Å²) in [5.41, 5.74) is 0. The molecule has 0 aromatic carbocycles. The highest BCUT2D eigenvalue weighted by Crippen LogP contribution is 2.23. The highest BCUT2D eigenvalue weighted by atomic mass is 32.2. The number of hydrogen-bond donors (Lipinski definition) is 4. The molecule has 0 spiro atoms. The molecule has 7 nitrogen and oxygen atoms in total. The molecule has 1 aliphatic heterocycles. The molecule has 0 aliphatic carbocycles. The van der Waals surface area contributed by atoms with E-state index in [4.69, 9.17) is 10.2 Å². The minimum atomic E-state index is -1.04. The predicted molar refractivity (Wildman–Crippen MR) is 111 cm³/mol. The number of aliphatic carboxylic acids is 1. The Morgan fingerprint density at radius 3 is 1.88 bits per heavy atom. The Morgan fingerprint density at radius 1 is 1.08 bits per heavy atom. The Morgan fingerprint density at radius 2 is 1.58 bits per heavy atom. The summed E-state index contributed by atoms with van der Waals surface area (Å²) in [6.45, 7) is 15.8. The van der Waals surface area contributed by atoms with Gasteiger partial charge in [-0.25, -0.2) is 4.79 Å². The lowest BCUT2D eigenvalue weighted by atomic mass is 9.97. The fraction of sp³-hybridized carbons (Fsp3) is 0.833. The first-order valence-electron chi connectivity index (χ1n) is 9.41.